The van der Waals surface area contributed by atoms with Gasteiger partial charge in [-0.15, -0.1) is 0 Å². The Morgan fingerprint density at radius 2 is 1.61 bits per heavy atom. The van der Waals surface area contributed by atoms with E-state index in [-0.39, 0.29) is 11.8 Å². The van der Waals surface area contributed by atoms with Crippen molar-refractivity contribution in [2.75, 3.05) is 6.54 Å². The molecule has 3 heteroatoms. The smallest absolute Gasteiger partial charge is 0.253 e. The highest BCUT2D eigenvalue weighted by atomic mass is 16.2. The molecule has 2 aliphatic carbocycles. The summed E-state index contributed by atoms with van der Waals surface area (Å²) in [4.78, 5) is 24.7. The summed E-state index contributed by atoms with van der Waals surface area (Å²) in [7, 11) is 0. The first-order chi connectivity index (χ1) is 8.75. The van der Waals surface area contributed by atoms with Gasteiger partial charge in [0.05, 0.1) is 0 Å². The summed E-state index contributed by atoms with van der Waals surface area (Å²) in [5, 5.41) is 0. The lowest BCUT2D eigenvalue weighted by molar-refractivity contribution is -0.138. The van der Waals surface area contributed by atoms with Crippen LogP contribution in [0.4, 0.5) is 0 Å². The Labute approximate surface area is 108 Å². The minimum Gasteiger partial charge on any atom is -0.275 e. The molecule has 1 aliphatic heterocycles. The first-order valence-electron chi connectivity index (χ1n) is 7.29. The Bertz CT molecular complexity index is 368. The summed E-state index contributed by atoms with van der Waals surface area (Å²) in [6.45, 7) is 0.659. The van der Waals surface area contributed by atoms with Gasteiger partial charge in [-0.3, -0.25) is 14.5 Å². The average Bonchev–Trinajstić information content (AvgIpc) is 2.71. The molecule has 3 rings (SSSR count). The highest BCUT2D eigenvalue weighted by Crippen LogP contribution is 2.44. The predicted octanol–water partition coefficient (Wildman–Crippen LogP) is 2.52. The second-order valence-corrected chi connectivity index (χ2v) is 6.02. The lowest BCUT2D eigenvalue weighted by atomic mass is 9.65. The van der Waals surface area contributed by atoms with E-state index in [0.29, 0.717) is 12.5 Å². The minimum atomic E-state index is -0.113. The Kier molecular flexibility index (Phi) is 3.23. The van der Waals surface area contributed by atoms with E-state index >= 15 is 0 Å². The molecule has 3 atom stereocenters. The van der Waals surface area contributed by atoms with Crippen molar-refractivity contribution in [3.8, 4) is 0 Å². The zero-order valence-corrected chi connectivity index (χ0v) is 10.8. The van der Waals surface area contributed by atoms with E-state index in [1.54, 1.807) is 0 Å². The summed E-state index contributed by atoms with van der Waals surface area (Å²) in [5.41, 5.74) is 0. The summed E-state index contributed by atoms with van der Waals surface area (Å²) in [6, 6.07) is 0. The number of carbonyl (C=O) groups is 2. The average molecular weight is 247 g/mol. The van der Waals surface area contributed by atoms with Crippen LogP contribution in [0.3, 0.4) is 0 Å². The Morgan fingerprint density at radius 3 is 2.39 bits per heavy atom. The molecule has 2 fully saturated rings. The molecule has 18 heavy (non-hydrogen) atoms. The zero-order chi connectivity index (χ0) is 12.5. The quantitative estimate of drug-likeness (QED) is 0.703. The maximum atomic E-state index is 11.6. The number of amides is 2. The topological polar surface area (TPSA) is 37.4 Å². The lowest BCUT2D eigenvalue weighted by Crippen LogP contribution is -2.41. The SMILES string of the molecule is O=C1C=CC(=O)N1CC1CCCC2CCCCC21. The van der Waals surface area contributed by atoms with Gasteiger partial charge >= 0.3 is 0 Å². The van der Waals surface area contributed by atoms with Crippen LogP contribution in [0, 0.1) is 17.8 Å². The van der Waals surface area contributed by atoms with Gasteiger partial charge in [0, 0.05) is 18.7 Å². The van der Waals surface area contributed by atoms with Crippen LogP contribution in [0.25, 0.3) is 0 Å². The van der Waals surface area contributed by atoms with Crippen LogP contribution in [0.1, 0.15) is 44.9 Å². The van der Waals surface area contributed by atoms with Crippen LogP contribution in [0.15, 0.2) is 12.2 Å². The van der Waals surface area contributed by atoms with E-state index in [0.717, 1.165) is 11.8 Å². The monoisotopic (exact) mass is 247 g/mol. The third kappa shape index (κ3) is 2.11. The van der Waals surface area contributed by atoms with E-state index in [2.05, 4.69) is 0 Å². The Morgan fingerprint density at radius 1 is 0.944 bits per heavy atom. The fourth-order valence-corrected chi connectivity index (χ4v) is 4.14. The lowest BCUT2D eigenvalue weighted by Gasteiger charge is -2.42. The molecule has 2 saturated carbocycles. The van der Waals surface area contributed by atoms with E-state index in [4.69, 9.17) is 0 Å². The fraction of sp³-hybridized carbons (Fsp3) is 0.733. The minimum absolute atomic E-state index is 0.113. The summed E-state index contributed by atoms with van der Waals surface area (Å²) in [6.07, 6.45) is 12.0. The normalized spacial score (nSPS) is 36.0. The van der Waals surface area contributed by atoms with Crippen molar-refractivity contribution in [2.45, 2.75) is 44.9 Å². The molecule has 0 aromatic heterocycles. The maximum absolute atomic E-state index is 11.6. The molecule has 0 radical (unpaired) electrons. The van der Waals surface area contributed by atoms with Gasteiger partial charge in [0.1, 0.15) is 0 Å². The summed E-state index contributed by atoms with van der Waals surface area (Å²) >= 11 is 0. The third-order valence-corrected chi connectivity index (χ3v) is 5.04. The summed E-state index contributed by atoms with van der Waals surface area (Å²) < 4.78 is 0. The number of carbonyl (C=O) groups excluding carboxylic acids is 2. The molecule has 0 aromatic rings. The van der Waals surface area contributed by atoms with Gasteiger partial charge in [-0.25, -0.2) is 0 Å². The number of hydrogen-bond donors (Lipinski definition) is 0. The molecule has 2 amide bonds. The van der Waals surface area contributed by atoms with Gasteiger partial charge in [-0.05, 0) is 30.6 Å². The predicted molar refractivity (Wildman–Crippen MR) is 68.6 cm³/mol. The number of fused-ring (bicyclic) bond motifs is 1. The van der Waals surface area contributed by atoms with E-state index in [1.807, 2.05) is 0 Å². The van der Waals surface area contributed by atoms with Crippen molar-refractivity contribution in [2.24, 2.45) is 17.8 Å². The molecule has 3 nitrogen and oxygen atoms in total. The van der Waals surface area contributed by atoms with Crippen LogP contribution >= 0.6 is 0 Å². The number of rotatable bonds is 2. The highest BCUT2D eigenvalue weighted by Gasteiger charge is 2.37. The molecule has 98 valence electrons. The van der Waals surface area contributed by atoms with Crippen molar-refractivity contribution in [1.82, 2.24) is 4.90 Å². The van der Waals surface area contributed by atoms with Crippen LogP contribution < -0.4 is 0 Å². The molecular formula is C15H21NO2. The van der Waals surface area contributed by atoms with Gasteiger partial charge in [-0.1, -0.05) is 32.1 Å². The van der Waals surface area contributed by atoms with E-state index in [1.165, 1.54) is 62.0 Å². The van der Waals surface area contributed by atoms with Crippen LogP contribution in [-0.2, 0) is 9.59 Å². The van der Waals surface area contributed by atoms with Crippen molar-refractivity contribution >= 4 is 11.8 Å². The number of nitrogens with zero attached hydrogens (tertiary/aromatic N) is 1. The number of imide groups is 1. The van der Waals surface area contributed by atoms with Crippen molar-refractivity contribution < 1.29 is 9.59 Å². The maximum Gasteiger partial charge on any atom is 0.253 e. The third-order valence-electron chi connectivity index (χ3n) is 5.04. The molecule has 3 unspecified atom stereocenters. The highest BCUT2D eigenvalue weighted by molar-refractivity contribution is 6.12. The van der Waals surface area contributed by atoms with Crippen LogP contribution in [-0.4, -0.2) is 23.3 Å². The van der Waals surface area contributed by atoms with Crippen molar-refractivity contribution in [3.63, 3.8) is 0 Å². The van der Waals surface area contributed by atoms with Crippen molar-refractivity contribution in [1.29, 1.82) is 0 Å². The molecule has 0 spiro atoms. The van der Waals surface area contributed by atoms with Gasteiger partial charge in [-0.2, -0.15) is 0 Å². The van der Waals surface area contributed by atoms with Crippen LogP contribution in [0.5, 0.6) is 0 Å². The molecule has 3 aliphatic rings. The largest absolute Gasteiger partial charge is 0.275 e. The second-order valence-electron chi connectivity index (χ2n) is 6.02. The first kappa shape index (κ1) is 11.9. The Hall–Kier alpha value is -1.12. The first-order valence-corrected chi connectivity index (χ1v) is 7.29. The second kappa shape index (κ2) is 4.87. The molecule has 0 bridgehead atoms. The van der Waals surface area contributed by atoms with Gasteiger partial charge in [0.25, 0.3) is 11.8 Å². The van der Waals surface area contributed by atoms with E-state index in [9.17, 15) is 9.59 Å². The molecule has 0 aromatic carbocycles. The van der Waals surface area contributed by atoms with Crippen LogP contribution in [0.2, 0.25) is 0 Å². The Balaban J connectivity index is 1.68. The van der Waals surface area contributed by atoms with Gasteiger partial charge in [0.15, 0.2) is 0 Å². The molecule has 0 saturated heterocycles. The van der Waals surface area contributed by atoms with Gasteiger partial charge in [0.2, 0.25) is 0 Å². The number of hydrogen-bond acceptors (Lipinski definition) is 2. The molecular weight excluding hydrogens is 226 g/mol. The fourth-order valence-electron chi connectivity index (χ4n) is 4.14. The standard InChI is InChI=1S/C15H21NO2/c17-14-8-9-15(18)16(14)10-12-6-3-5-11-4-1-2-7-13(11)12/h8-9,11-13H,1-7,10H2. The van der Waals surface area contributed by atoms with Crippen molar-refractivity contribution in [3.05, 3.63) is 12.2 Å². The summed E-state index contributed by atoms with van der Waals surface area (Å²) in [5.74, 6) is 1.94. The molecule has 1 heterocycles. The van der Waals surface area contributed by atoms with E-state index < -0.39 is 0 Å². The zero-order valence-electron chi connectivity index (χ0n) is 10.8. The molecule has 0 N–H and O–H groups in total. The van der Waals surface area contributed by atoms with Gasteiger partial charge < -0.3 is 0 Å².